The maximum Gasteiger partial charge on any atom is 0.0724 e. The van der Waals surface area contributed by atoms with Gasteiger partial charge < -0.3 is 5.11 Å². The number of benzene rings is 1. The Morgan fingerprint density at radius 3 is 2.64 bits per heavy atom. The van der Waals surface area contributed by atoms with Gasteiger partial charge in [-0.1, -0.05) is 62.2 Å². The lowest BCUT2D eigenvalue weighted by Crippen LogP contribution is -2.00. The fourth-order valence-corrected chi connectivity index (χ4v) is 1.30. The maximum absolute atomic E-state index is 9.55. The lowest BCUT2D eigenvalue weighted by atomic mass is 10.1. The number of hydrogen-bond acceptors (Lipinski definition) is 1. The largest absolute Gasteiger partial charge is 0.389 e. The molecule has 0 radical (unpaired) electrons. The highest BCUT2D eigenvalue weighted by Gasteiger charge is 1.96. The molecule has 0 aliphatic heterocycles. The van der Waals surface area contributed by atoms with Gasteiger partial charge in [0.25, 0.3) is 0 Å². The summed E-state index contributed by atoms with van der Waals surface area (Å²) in [6, 6.07) is 10.0. The Labute approximate surface area is 86.1 Å². The Kier molecular flexibility index (Phi) is 5.02. The van der Waals surface area contributed by atoms with Gasteiger partial charge in [0.2, 0.25) is 0 Å². The van der Waals surface area contributed by atoms with Crippen molar-refractivity contribution in [1.82, 2.24) is 0 Å². The van der Waals surface area contributed by atoms with Gasteiger partial charge in [-0.3, -0.25) is 0 Å². The van der Waals surface area contributed by atoms with Crippen LogP contribution in [0.2, 0.25) is 0 Å². The molecule has 0 aliphatic carbocycles. The van der Waals surface area contributed by atoms with Gasteiger partial charge in [-0.15, -0.1) is 0 Å². The van der Waals surface area contributed by atoms with E-state index in [9.17, 15) is 5.11 Å². The van der Waals surface area contributed by atoms with Gasteiger partial charge in [-0.05, 0) is 12.0 Å². The fourth-order valence-electron chi connectivity index (χ4n) is 1.30. The van der Waals surface area contributed by atoms with Crippen LogP contribution in [0.25, 0.3) is 6.08 Å². The van der Waals surface area contributed by atoms with E-state index in [2.05, 4.69) is 6.92 Å². The molecule has 0 fully saturated rings. The monoisotopic (exact) mass is 190 g/mol. The van der Waals surface area contributed by atoms with E-state index in [0.717, 1.165) is 24.8 Å². The molecule has 0 bridgehead atoms. The molecule has 0 spiro atoms. The molecule has 1 aromatic carbocycles. The van der Waals surface area contributed by atoms with E-state index in [0.29, 0.717) is 0 Å². The summed E-state index contributed by atoms with van der Waals surface area (Å²) in [5, 5.41) is 9.55. The third-order valence-electron chi connectivity index (χ3n) is 2.16. The average molecular weight is 190 g/mol. The van der Waals surface area contributed by atoms with Crippen LogP contribution in [0.5, 0.6) is 0 Å². The van der Waals surface area contributed by atoms with Crippen LogP contribution in [0, 0.1) is 0 Å². The molecular weight excluding hydrogens is 172 g/mol. The Morgan fingerprint density at radius 2 is 2.00 bits per heavy atom. The SMILES string of the molecule is CCCC[C@@H](O)/C=C/c1ccccc1. The van der Waals surface area contributed by atoms with E-state index in [1.54, 1.807) is 0 Å². The van der Waals surface area contributed by atoms with E-state index < -0.39 is 0 Å². The van der Waals surface area contributed by atoms with Gasteiger partial charge in [0.15, 0.2) is 0 Å². The molecule has 0 unspecified atom stereocenters. The lowest BCUT2D eigenvalue weighted by Gasteiger charge is -2.02. The Balaban J connectivity index is 2.39. The molecule has 1 aromatic rings. The molecule has 0 saturated heterocycles. The molecule has 1 N–H and O–H groups in total. The van der Waals surface area contributed by atoms with Crippen LogP contribution < -0.4 is 0 Å². The van der Waals surface area contributed by atoms with Crippen molar-refractivity contribution < 1.29 is 5.11 Å². The molecule has 0 amide bonds. The molecule has 1 rings (SSSR count). The van der Waals surface area contributed by atoms with Crippen molar-refractivity contribution >= 4 is 6.08 Å². The van der Waals surface area contributed by atoms with Crippen LogP contribution in [0.4, 0.5) is 0 Å². The Bertz CT molecular complexity index is 264. The molecule has 0 saturated carbocycles. The molecule has 1 nitrogen and oxygen atoms in total. The first kappa shape index (κ1) is 11.0. The van der Waals surface area contributed by atoms with Crippen LogP contribution in [-0.4, -0.2) is 11.2 Å². The predicted molar refractivity (Wildman–Crippen MR) is 61.0 cm³/mol. The van der Waals surface area contributed by atoms with E-state index in [-0.39, 0.29) is 6.10 Å². The molecule has 0 aromatic heterocycles. The quantitative estimate of drug-likeness (QED) is 0.755. The van der Waals surface area contributed by atoms with Crippen molar-refractivity contribution in [3.63, 3.8) is 0 Å². The Morgan fingerprint density at radius 1 is 1.29 bits per heavy atom. The highest BCUT2D eigenvalue weighted by molar-refractivity contribution is 5.49. The lowest BCUT2D eigenvalue weighted by molar-refractivity contribution is 0.210. The first-order valence-electron chi connectivity index (χ1n) is 5.24. The molecule has 76 valence electrons. The van der Waals surface area contributed by atoms with Crippen LogP contribution in [0.1, 0.15) is 31.7 Å². The first-order chi connectivity index (χ1) is 6.83. The molecule has 0 aliphatic rings. The molecule has 0 heterocycles. The van der Waals surface area contributed by atoms with Gasteiger partial charge >= 0.3 is 0 Å². The van der Waals surface area contributed by atoms with Gasteiger partial charge in [-0.2, -0.15) is 0 Å². The van der Waals surface area contributed by atoms with Gasteiger partial charge in [-0.25, -0.2) is 0 Å². The first-order valence-corrected chi connectivity index (χ1v) is 5.24. The summed E-state index contributed by atoms with van der Waals surface area (Å²) < 4.78 is 0. The number of aliphatic hydroxyl groups excluding tert-OH is 1. The number of rotatable bonds is 5. The van der Waals surface area contributed by atoms with E-state index in [1.165, 1.54) is 0 Å². The van der Waals surface area contributed by atoms with Crippen molar-refractivity contribution in [2.45, 2.75) is 32.3 Å². The molecule has 1 atom stereocenters. The second-order valence-electron chi connectivity index (χ2n) is 3.48. The third kappa shape index (κ3) is 4.24. The van der Waals surface area contributed by atoms with E-state index in [4.69, 9.17) is 0 Å². The van der Waals surface area contributed by atoms with Crippen molar-refractivity contribution in [3.8, 4) is 0 Å². The summed E-state index contributed by atoms with van der Waals surface area (Å²) in [6.45, 7) is 2.13. The second-order valence-corrected chi connectivity index (χ2v) is 3.48. The zero-order valence-electron chi connectivity index (χ0n) is 8.69. The smallest absolute Gasteiger partial charge is 0.0724 e. The summed E-state index contributed by atoms with van der Waals surface area (Å²) in [5.41, 5.74) is 1.14. The summed E-state index contributed by atoms with van der Waals surface area (Å²) in [4.78, 5) is 0. The Hall–Kier alpha value is -1.08. The van der Waals surface area contributed by atoms with Gasteiger partial charge in [0, 0.05) is 0 Å². The van der Waals surface area contributed by atoms with Crippen LogP contribution in [-0.2, 0) is 0 Å². The minimum Gasteiger partial charge on any atom is -0.389 e. The summed E-state index contributed by atoms with van der Waals surface area (Å²) in [5.74, 6) is 0. The normalized spacial score (nSPS) is 13.3. The second kappa shape index (κ2) is 6.39. The van der Waals surface area contributed by atoms with Crippen molar-refractivity contribution in [2.24, 2.45) is 0 Å². The summed E-state index contributed by atoms with van der Waals surface area (Å²) >= 11 is 0. The standard InChI is InChI=1S/C13H18O/c1-2-3-9-13(14)11-10-12-7-5-4-6-8-12/h4-8,10-11,13-14H,2-3,9H2,1H3/b11-10+/t13-/m1/s1. The summed E-state index contributed by atoms with van der Waals surface area (Å²) in [7, 11) is 0. The average Bonchev–Trinajstić information content (AvgIpc) is 2.25. The highest BCUT2D eigenvalue weighted by Crippen LogP contribution is 2.06. The number of unbranched alkanes of at least 4 members (excludes halogenated alkanes) is 1. The van der Waals surface area contributed by atoms with Crippen molar-refractivity contribution in [2.75, 3.05) is 0 Å². The predicted octanol–water partition coefficient (Wildman–Crippen LogP) is 3.25. The van der Waals surface area contributed by atoms with Crippen LogP contribution in [0.3, 0.4) is 0 Å². The highest BCUT2D eigenvalue weighted by atomic mass is 16.3. The molecule has 1 heteroatoms. The third-order valence-corrected chi connectivity index (χ3v) is 2.16. The van der Waals surface area contributed by atoms with Crippen molar-refractivity contribution in [3.05, 3.63) is 42.0 Å². The van der Waals surface area contributed by atoms with E-state index >= 15 is 0 Å². The zero-order valence-corrected chi connectivity index (χ0v) is 8.69. The molecule has 14 heavy (non-hydrogen) atoms. The zero-order chi connectivity index (χ0) is 10.2. The van der Waals surface area contributed by atoms with Crippen LogP contribution >= 0.6 is 0 Å². The van der Waals surface area contributed by atoms with Gasteiger partial charge in [0.1, 0.15) is 0 Å². The number of aliphatic hydroxyl groups is 1. The minimum atomic E-state index is -0.296. The van der Waals surface area contributed by atoms with E-state index in [1.807, 2.05) is 42.5 Å². The minimum absolute atomic E-state index is 0.296. The molecular formula is C13H18O. The van der Waals surface area contributed by atoms with Crippen molar-refractivity contribution in [1.29, 1.82) is 0 Å². The maximum atomic E-state index is 9.55. The number of hydrogen-bond donors (Lipinski definition) is 1. The van der Waals surface area contributed by atoms with Gasteiger partial charge in [0.05, 0.1) is 6.10 Å². The topological polar surface area (TPSA) is 20.2 Å². The van der Waals surface area contributed by atoms with Crippen LogP contribution in [0.15, 0.2) is 36.4 Å². The summed E-state index contributed by atoms with van der Waals surface area (Å²) in [6.07, 6.45) is 6.62. The fraction of sp³-hybridized carbons (Fsp3) is 0.385.